The van der Waals surface area contributed by atoms with Crippen LogP contribution in [0.4, 0.5) is 0 Å². The molecular formula is C21H34N4O2. The van der Waals surface area contributed by atoms with Gasteiger partial charge in [0.1, 0.15) is 0 Å². The molecule has 2 unspecified atom stereocenters. The molecule has 1 saturated heterocycles. The van der Waals surface area contributed by atoms with Crippen molar-refractivity contribution in [3.05, 3.63) is 35.9 Å². The van der Waals surface area contributed by atoms with E-state index in [0.717, 1.165) is 32.0 Å². The van der Waals surface area contributed by atoms with Gasteiger partial charge in [-0.2, -0.15) is 0 Å². The lowest BCUT2D eigenvalue weighted by Crippen LogP contribution is -2.46. The van der Waals surface area contributed by atoms with E-state index < -0.39 is 0 Å². The van der Waals surface area contributed by atoms with Crippen molar-refractivity contribution in [3.63, 3.8) is 0 Å². The first-order chi connectivity index (χ1) is 13.0. The molecule has 1 aliphatic heterocycles. The van der Waals surface area contributed by atoms with Crippen molar-refractivity contribution in [1.29, 1.82) is 0 Å². The van der Waals surface area contributed by atoms with Crippen LogP contribution in [0.1, 0.15) is 32.8 Å². The Morgan fingerprint density at radius 1 is 1.30 bits per heavy atom. The number of hydrogen-bond donors (Lipinski definition) is 2. The van der Waals surface area contributed by atoms with E-state index in [0.29, 0.717) is 19.1 Å². The summed E-state index contributed by atoms with van der Waals surface area (Å²) in [5, 5.41) is 6.80. The molecule has 0 aromatic heterocycles. The Bertz CT molecular complexity index is 603. The van der Waals surface area contributed by atoms with E-state index in [-0.39, 0.29) is 17.9 Å². The number of rotatable bonds is 8. The summed E-state index contributed by atoms with van der Waals surface area (Å²) in [6, 6.07) is 10.5. The largest absolute Gasteiger partial charge is 0.376 e. The summed E-state index contributed by atoms with van der Waals surface area (Å²) in [5.41, 5.74) is 1.19. The minimum absolute atomic E-state index is 0.0536. The summed E-state index contributed by atoms with van der Waals surface area (Å²) >= 11 is 0. The van der Waals surface area contributed by atoms with Crippen LogP contribution < -0.4 is 10.6 Å². The third-order valence-corrected chi connectivity index (χ3v) is 4.69. The predicted octanol–water partition coefficient (Wildman–Crippen LogP) is 2.26. The Morgan fingerprint density at radius 2 is 2.04 bits per heavy atom. The van der Waals surface area contributed by atoms with E-state index in [4.69, 9.17) is 4.74 Å². The number of carbonyl (C=O) groups is 1. The van der Waals surface area contributed by atoms with Gasteiger partial charge in [-0.25, -0.2) is 0 Å². The number of nitrogens with one attached hydrogen (secondary N) is 2. The molecule has 1 aliphatic rings. The molecule has 2 N–H and O–H groups in total. The highest BCUT2D eigenvalue weighted by atomic mass is 16.5. The Balaban J connectivity index is 1.65. The third kappa shape index (κ3) is 7.21. The topological polar surface area (TPSA) is 66.0 Å². The molecule has 0 aliphatic carbocycles. The molecule has 0 radical (unpaired) electrons. The summed E-state index contributed by atoms with van der Waals surface area (Å²) in [5.74, 6) is 1.44. The lowest BCUT2D eigenvalue weighted by molar-refractivity contribution is -0.133. The number of likely N-dealkylation sites (tertiary alicyclic amines) is 1. The van der Waals surface area contributed by atoms with Crippen LogP contribution in [0, 0.1) is 11.8 Å². The normalized spacial score (nSPS) is 18.6. The fourth-order valence-electron chi connectivity index (χ4n) is 3.11. The van der Waals surface area contributed by atoms with Crippen molar-refractivity contribution < 1.29 is 9.53 Å². The maximum absolute atomic E-state index is 12.1. The van der Waals surface area contributed by atoms with Crippen molar-refractivity contribution in [3.8, 4) is 0 Å². The molecule has 0 spiro atoms. The molecule has 150 valence electrons. The summed E-state index contributed by atoms with van der Waals surface area (Å²) in [6.45, 7) is 9.73. The maximum Gasteiger partial charge on any atom is 0.225 e. The van der Waals surface area contributed by atoms with E-state index in [1.807, 2.05) is 36.9 Å². The quantitative estimate of drug-likeness (QED) is 0.541. The smallest absolute Gasteiger partial charge is 0.225 e. The lowest BCUT2D eigenvalue weighted by Gasteiger charge is -2.21. The van der Waals surface area contributed by atoms with Crippen molar-refractivity contribution in [1.82, 2.24) is 15.5 Å². The summed E-state index contributed by atoms with van der Waals surface area (Å²) < 4.78 is 5.80. The second-order valence-electron chi connectivity index (χ2n) is 7.63. The molecule has 0 bridgehead atoms. The van der Waals surface area contributed by atoms with Gasteiger partial charge in [-0.15, -0.1) is 0 Å². The predicted molar refractivity (Wildman–Crippen MR) is 110 cm³/mol. The van der Waals surface area contributed by atoms with Crippen molar-refractivity contribution in [2.75, 3.05) is 33.3 Å². The highest BCUT2D eigenvalue weighted by Crippen LogP contribution is 2.12. The summed E-state index contributed by atoms with van der Waals surface area (Å²) in [7, 11) is 1.78. The first kappa shape index (κ1) is 21.2. The Morgan fingerprint density at radius 3 is 2.70 bits per heavy atom. The maximum atomic E-state index is 12.1. The highest BCUT2D eigenvalue weighted by Gasteiger charge is 2.27. The van der Waals surface area contributed by atoms with E-state index in [2.05, 4.69) is 34.7 Å². The molecule has 6 heteroatoms. The average Bonchev–Trinajstić information content (AvgIpc) is 3.13. The molecule has 27 heavy (non-hydrogen) atoms. The molecule has 2 rings (SSSR count). The molecule has 2 atom stereocenters. The van der Waals surface area contributed by atoms with Crippen molar-refractivity contribution in [2.45, 2.75) is 39.8 Å². The van der Waals surface area contributed by atoms with Crippen LogP contribution in [0.3, 0.4) is 0 Å². The number of aliphatic imine (C=N–C) groups is 1. The van der Waals surface area contributed by atoms with E-state index in [1.165, 1.54) is 5.56 Å². The zero-order valence-electron chi connectivity index (χ0n) is 17.1. The van der Waals surface area contributed by atoms with E-state index in [1.54, 1.807) is 7.05 Å². The fraction of sp³-hybridized carbons (Fsp3) is 0.619. The minimum Gasteiger partial charge on any atom is -0.376 e. The van der Waals surface area contributed by atoms with Gasteiger partial charge in [0.2, 0.25) is 5.91 Å². The van der Waals surface area contributed by atoms with Gasteiger partial charge < -0.3 is 20.3 Å². The molecular weight excluding hydrogens is 340 g/mol. The van der Waals surface area contributed by atoms with Crippen LogP contribution in [0.5, 0.6) is 0 Å². The molecule has 6 nitrogen and oxygen atoms in total. The number of nitrogens with zero attached hydrogens (tertiary/aromatic N) is 2. The van der Waals surface area contributed by atoms with Crippen molar-refractivity contribution in [2.24, 2.45) is 16.8 Å². The first-order valence-corrected chi connectivity index (χ1v) is 9.87. The first-order valence-electron chi connectivity index (χ1n) is 9.87. The molecule has 1 aromatic carbocycles. The minimum atomic E-state index is 0.0536. The summed E-state index contributed by atoms with van der Waals surface area (Å²) in [4.78, 5) is 18.3. The van der Waals surface area contributed by atoms with Gasteiger partial charge in [0.25, 0.3) is 0 Å². The number of hydrogen-bond acceptors (Lipinski definition) is 3. The number of benzene rings is 1. The molecule has 1 heterocycles. The van der Waals surface area contributed by atoms with E-state index in [9.17, 15) is 4.79 Å². The number of amides is 1. The van der Waals surface area contributed by atoms with Gasteiger partial charge in [-0.1, -0.05) is 51.1 Å². The second kappa shape index (κ2) is 10.9. The average molecular weight is 375 g/mol. The monoisotopic (exact) mass is 374 g/mol. The SMILES string of the molecule is CN=C(NCC(C)COCc1ccccc1)NC1CCN(C(=O)C(C)C)C1. The molecule has 1 fully saturated rings. The van der Waals surface area contributed by atoms with Gasteiger partial charge >= 0.3 is 0 Å². The Labute approximate surface area is 163 Å². The van der Waals surface area contributed by atoms with Gasteiger partial charge in [0.15, 0.2) is 5.96 Å². The van der Waals surface area contributed by atoms with Gasteiger partial charge in [-0.3, -0.25) is 9.79 Å². The van der Waals surface area contributed by atoms with E-state index >= 15 is 0 Å². The molecule has 1 amide bonds. The van der Waals surface area contributed by atoms with Crippen molar-refractivity contribution >= 4 is 11.9 Å². The molecule has 0 saturated carbocycles. The summed E-state index contributed by atoms with van der Waals surface area (Å²) in [6.07, 6.45) is 0.953. The second-order valence-corrected chi connectivity index (χ2v) is 7.63. The number of carbonyl (C=O) groups excluding carboxylic acids is 1. The van der Waals surface area contributed by atoms with Crippen LogP contribution in [0.25, 0.3) is 0 Å². The van der Waals surface area contributed by atoms with Crippen LogP contribution in [-0.2, 0) is 16.1 Å². The number of ether oxygens (including phenoxy) is 1. The zero-order valence-corrected chi connectivity index (χ0v) is 17.1. The Hall–Kier alpha value is -2.08. The van der Waals surface area contributed by atoms with Crippen LogP contribution in [-0.4, -0.2) is 56.1 Å². The zero-order chi connectivity index (χ0) is 19.6. The van der Waals surface area contributed by atoms with Crippen LogP contribution in [0.15, 0.2) is 35.3 Å². The van der Waals surface area contributed by atoms with Crippen LogP contribution in [0.2, 0.25) is 0 Å². The van der Waals surface area contributed by atoms with Gasteiger partial charge in [0, 0.05) is 38.6 Å². The molecule has 1 aromatic rings. The third-order valence-electron chi connectivity index (χ3n) is 4.69. The standard InChI is InChI=1S/C21H34N4O2/c1-16(2)20(26)25-11-10-19(13-25)24-21(22-4)23-12-17(3)14-27-15-18-8-6-5-7-9-18/h5-9,16-17,19H,10-15H2,1-4H3,(H2,22,23,24). The Kier molecular flexibility index (Phi) is 8.58. The number of guanidine groups is 1. The van der Waals surface area contributed by atoms with Gasteiger partial charge in [-0.05, 0) is 17.9 Å². The van der Waals surface area contributed by atoms with Gasteiger partial charge in [0.05, 0.1) is 13.2 Å². The van der Waals surface area contributed by atoms with Crippen LogP contribution >= 0.6 is 0 Å². The highest BCUT2D eigenvalue weighted by molar-refractivity contribution is 5.81. The lowest BCUT2D eigenvalue weighted by atomic mass is 10.2. The fourth-order valence-corrected chi connectivity index (χ4v) is 3.11.